The molecule has 0 radical (unpaired) electrons. The van der Waals surface area contributed by atoms with E-state index in [0.717, 1.165) is 0 Å². The molecule has 1 unspecified atom stereocenters. The number of amides is 1. The van der Waals surface area contributed by atoms with E-state index in [4.69, 9.17) is 22.1 Å². The van der Waals surface area contributed by atoms with Gasteiger partial charge in [-0.1, -0.05) is 11.6 Å². The van der Waals surface area contributed by atoms with Crippen molar-refractivity contribution in [1.82, 2.24) is 0 Å². The van der Waals surface area contributed by atoms with Crippen LogP contribution in [0.5, 0.6) is 11.5 Å². The molecule has 4 N–H and O–H groups in total. The van der Waals surface area contributed by atoms with Gasteiger partial charge < -0.3 is 20.9 Å². The van der Waals surface area contributed by atoms with Crippen LogP contribution in [0.15, 0.2) is 42.5 Å². The lowest BCUT2D eigenvalue weighted by molar-refractivity contribution is -0.122. The lowest BCUT2D eigenvalue weighted by Crippen LogP contribution is -2.49. The highest BCUT2D eigenvalue weighted by molar-refractivity contribution is 6.30. The maximum absolute atomic E-state index is 12.0. The van der Waals surface area contributed by atoms with Crippen LogP contribution in [0.25, 0.3) is 0 Å². The number of ether oxygens (including phenoxy) is 1. The average Bonchev–Trinajstić information content (AvgIpc) is 2.81. The Morgan fingerprint density at radius 2 is 2.00 bits per heavy atom. The zero-order chi connectivity index (χ0) is 15.0. The Kier molecular flexibility index (Phi) is 3.14. The smallest absolute Gasteiger partial charge is 0.251 e. The zero-order valence-electron chi connectivity index (χ0n) is 11.0. The van der Waals surface area contributed by atoms with Crippen molar-refractivity contribution in [2.75, 3.05) is 11.9 Å². The van der Waals surface area contributed by atoms with E-state index in [1.54, 1.807) is 30.3 Å². The third kappa shape index (κ3) is 2.25. The topological polar surface area (TPSA) is 84.6 Å². The van der Waals surface area contributed by atoms with Gasteiger partial charge >= 0.3 is 0 Å². The van der Waals surface area contributed by atoms with Crippen molar-refractivity contribution in [1.29, 1.82) is 0 Å². The number of carbonyl (C=O) groups excluding carboxylic acids is 1. The van der Waals surface area contributed by atoms with Crippen LogP contribution < -0.4 is 15.8 Å². The third-order valence-corrected chi connectivity index (χ3v) is 3.74. The molecule has 1 heterocycles. The minimum atomic E-state index is -1.17. The minimum absolute atomic E-state index is 0.0593. The summed E-state index contributed by atoms with van der Waals surface area (Å²) in [6, 6.07) is 11.5. The summed E-state index contributed by atoms with van der Waals surface area (Å²) in [5.41, 5.74) is 5.72. The number of benzene rings is 2. The van der Waals surface area contributed by atoms with Gasteiger partial charge in [0.25, 0.3) is 5.91 Å². The highest BCUT2D eigenvalue weighted by Gasteiger charge is 2.46. The molecule has 0 aromatic heterocycles. The largest absolute Gasteiger partial charge is 0.508 e. The maximum atomic E-state index is 12.0. The molecule has 1 amide bonds. The first kappa shape index (κ1) is 13.6. The van der Waals surface area contributed by atoms with Crippen LogP contribution in [0.2, 0.25) is 5.02 Å². The molecule has 0 aliphatic carbocycles. The summed E-state index contributed by atoms with van der Waals surface area (Å²) in [6.45, 7) is 0.0593. The molecule has 2 aromatic rings. The van der Waals surface area contributed by atoms with E-state index in [2.05, 4.69) is 5.32 Å². The molecule has 6 heteroatoms. The third-order valence-electron chi connectivity index (χ3n) is 3.49. The molecule has 1 aliphatic rings. The lowest BCUT2D eigenvalue weighted by atomic mass is 9.90. The molecule has 0 bridgehead atoms. The number of phenols is 1. The van der Waals surface area contributed by atoms with E-state index in [1.807, 2.05) is 0 Å². The first-order valence-corrected chi connectivity index (χ1v) is 6.69. The van der Waals surface area contributed by atoms with E-state index in [0.29, 0.717) is 22.0 Å². The molecule has 2 aromatic carbocycles. The van der Waals surface area contributed by atoms with Crippen LogP contribution in [-0.2, 0) is 10.3 Å². The molecular formula is C15H13ClN2O3. The number of carbonyl (C=O) groups is 1. The Balaban J connectivity index is 2.03. The van der Waals surface area contributed by atoms with Crippen LogP contribution >= 0.6 is 11.6 Å². The fourth-order valence-corrected chi connectivity index (χ4v) is 2.52. The van der Waals surface area contributed by atoms with Crippen LogP contribution in [0.1, 0.15) is 5.56 Å². The zero-order valence-corrected chi connectivity index (χ0v) is 11.7. The monoisotopic (exact) mass is 304 g/mol. The van der Waals surface area contributed by atoms with E-state index in [-0.39, 0.29) is 12.4 Å². The Hall–Kier alpha value is -2.40. The number of nitrogens with two attached hydrogens (primary N) is 1. The van der Waals surface area contributed by atoms with Gasteiger partial charge in [0, 0.05) is 22.3 Å². The number of hydrogen-bond donors (Lipinski definition) is 3. The normalized spacial score (nSPS) is 19.7. The van der Waals surface area contributed by atoms with Gasteiger partial charge in [-0.05, 0) is 36.4 Å². The summed E-state index contributed by atoms with van der Waals surface area (Å²) in [4.78, 5) is 12.0. The molecular weight excluding hydrogens is 292 g/mol. The molecule has 108 valence electrons. The second-order valence-corrected chi connectivity index (χ2v) is 5.31. The van der Waals surface area contributed by atoms with Crippen LogP contribution in [0.3, 0.4) is 0 Å². The van der Waals surface area contributed by atoms with Gasteiger partial charge in [-0.15, -0.1) is 0 Å². The van der Waals surface area contributed by atoms with Gasteiger partial charge in [-0.2, -0.15) is 0 Å². The Bertz CT molecular complexity index is 703. The van der Waals surface area contributed by atoms with Crippen molar-refractivity contribution in [2.24, 2.45) is 5.73 Å². The SMILES string of the molecule is NC(=O)C1(Nc2ccc(Cl)cc2)COc2cc(O)ccc21. The van der Waals surface area contributed by atoms with Crippen LogP contribution in [-0.4, -0.2) is 17.6 Å². The van der Waals surface area contributed by atoms with Crippen LogP contribution in [0.4, 0.5) is 5.69 Å². The van der Waals surface area contributed by atoms with Gasteiger partial charge in [0.1, 0.15) is 18.1 Å². The molecule has 21 heavy (non-hydrogen) atoms. The standard InChI is InChI=1S/C15H13ClN2O3/c16-9-1-3-10(4-2-9)18-15(14(17)20)8-21-13-7-11(19)5-6-12(13)15/h1-7,18-19H,8H2,(H2,17,20). The van der Waals surface area contributed by atoms with Crippen LogP contribution in [0, 0.1) is 0 Å². The summed E-state index contributed by atoms with van der Waals surface area (Å²) in [7, 11) is 0. The maximum Gasteiger partial charge on any atom is 0.251 e. The first-order chi connectivity index (χ1) is 10.0. The molecule has 0 saturated carbocycles. The van der Waals surface area contributed by atoms with Gasteiger partial charge in [0.05, 0.1) is 0 Å². The number of fused-ring (bicyclic) bond motifs is 1. The Morgan fingerprint density at radius 3 is 2.67 bits per heavy atom. The summed E-state index contributed by atoms with van der Waals surface area (Å²) >= 11 is 5.85. The molecule has 1 atom stereocenters. The van der Waals surface area contributed by atoms with Gasteiger partial charge in [-0.25, -0.2) is 0 Å². The molecule has 1 aliphatic heterocycles. The second kappa shape index (κ2) is 4.86. The highest BCUT2D eigenvalue weighted by atomic mass is 35.5. The molecule has 3 rings (SSSR count). The first-order valence-electron chi connectivity index (χ1n) is 6.31. The summed E-state index contributed by atoms with van der Waals surface area (Å²) in [5, 5.41) is 13.2. The second-order valence-electron chi connectivity index (χ2n) is 4.87. The van der Waals surface area contributed by atoms with Gasteiger partial charge in [-0.3, -0.25) is 4.79 Å². The van der Waals surface area contributed by atoms with Crippen molar-refractivity contribution in [3.05, 3.63) is 53.1 Å². The van der Waals surface area contributed by atoms with E-state index >= 15 is 0 Å². The predicted octanol–water partition coefficient (Wildman–Crippen LogP) is 2.23. The number of rotatable bonds is 3. The van der Waals surface area contributed by atoms with E-state index < -0.39 is 11.4 Å². The Morgan fingerprint density at radius 1 is 1.29 bits per heavy atom. The number of anilines is 1. The van der Waals surface area contributed by atoms with E-state index in [9.17, 15) is 9.90 Å². The van der Waals surface area contributed by atoms with Gasteiger partial charge in [0.15, 0.2) is 5.54 Å². The summed E-state index contributed by atoms with van der Waals surface area (Å²) < 4.78 is 5.50. The Labute approximate surface area is 126 Å². The van der Waals surface area contributed by atoms with Crippen molar-refractivity contribution in [3.8, 4) is 11.5 Å². The number of primary amides is 1. The summed E-state index contributed by atoms with van der Waals surface area (Å²) in [6.07, 6.45) is 0. The fourth-order valence-electron chi connectivity index (χ4n) is 2.40. The van der Waals surface area contributed by atoms with Gasteiger partial charge in [0.2, 0.25) is 0 Å². The molecule has 0 fully saturated rings. The number of aromatic hydroxyl groups is 1. The molecule has 5 nitrogen and oxygen atoms in total. The minimum Gasteiger partial charge on any atom is -0.508 e. The number of nitrogens with one attached hydrogen (secondary N) is 1. The fraction of sp³-hybridized carbons (Fsp3) is 0.133. The number of phenolic OH excluding ortho intramolecular Hbond substituents is 1. The van der Waals surface area contributed by atoms with E-state index in [1.165, 1.54) is 12.1 Å². The lowest BCUT2D eigenvalue weighted by Gasteiger charge is -2.27. The quantitative estimate of drug-likeness (QED) is 0.812. The number of hydrogen-bond acceptors (Lipinski definition) is 4. The van der Waals surface area contributed by atoms with Crippen molar-refractivity contribution in [2.45, 2.75) is 5.54 Å². The average molecular weight is 305 g/mol. The molecule has 0 spiro atoms. The van der Waals surface area contributed by atoms with Crippen molar-refractivity contribution < 1.29 is 14.6 Å². The highest BCUT2D eigenvalue weighted by Crippen LogP contribution is 2.41. The predicted molar refractivity (Wildman–Crippen MR) is 79.5 cm³/mol. The number of halogens is 1. The van der Waals surface area contributed by atoms with Crippen molar-refractivity contribution in [3.63, 3.8) is 0 Å². The summed E-state index contributed by atoms with van der Waals surface area (Å²) in [5.74, 6) is -0.0438. The molecule has 0 saturated heterocycles. The van der Waals surface area contributed by atoms with Crippen molar-refractivity contribution >= 4 is 23.2 Å².